The number of halogens is 1. The second-order valence-corrected chi connectivity index (χ2v) is 6.61. The number of benzene rings is 2. The molecular weight excluding hydrogens is 375 g/mol. The Bertz CT molecular complexity index is 1000. The van der Waals surface area contributed by atoms with Crippen LogP contribution in [0.4, 0.5) is 10.1 Å². The number of hydrogen-bond donors (Lipinski definition) is 2. The monoisotopic (exact) mass is 396 g/mol. The lowest BCUT2D eigenvalue weighted by molar-refractivity contribution is -0.121. The summed E-state index contributed by atoms with van der Waals surface area (Å²) in [4.78, 5) is 27.7. The first-order valence-corrected chi connectivity index (χ1v) is 9.16. The van der Waals surface area contributed by atoms with E-state index >= 15 is 0 Å². The third-order valence-corrected chi connectivity index (χ3v) is 4.22. The van der Waals surface area contributed by atoms with Gasteiger partial charge in [-0.05, 0) is 48.9 Å². The van der Waals surface area contributed by atoms with E-state index < -0.39 is 0 Å². The largest absolute Gasteiger partial charge is 0.350 e. The van der Waals surface area contributed by atoms with Gasteiger partial charge in [-0.15, -0.1) is 0 Å². The first-order chi connectivity index (χ1) is 13.9. The third-order valence-electron chi connectivity index (χ3n) is 4.22. The molecule has 2 aromatic carbocycles. The fourth-order valence-electron chi connectivity index (χ4n) is 2.78. The van der Waals surface area contributed by atoms with E-state index in [1.165, 1.54) is 19.1 Å². The molecule has 2 N–H and O–H groups in total. The van der Waals surface area contributed by atoms with Crippen molar-refractivity contribution in [1.29, 1.82) is 0 Å². The molecular formula is C21H21FN4O3. The van der Waals surface area contributed by atoms with Crippen LogP contribution in [0.25, 0.3) is 11.4 Å². The molecule has 0 bridgehead atoms. The van der Waals surface area contributed by atoms with Gasteiger partial charge >= 0.3 is 0 Å². The molecule has 0 radical (unpaired) electrons. The summed E-state index contributed by atoms with van der Waals surface area (Å²) in [5.74, 6) is 0.0246. The van der Waals surface area contributed by atoms with Crippen molar-refractivity contribution in [2.45, 2.75) is 32.7 Å². The van der Waals surface area contributed by atoms with E-state index in [4.69, 9.17) is 4.52 Å². The minimum absolute atomic E-state index is 0.154. The van der Waals surface area contributed by atoms with Crippen molar-refractivity contribution in [3.63, 3.8) is 0 Å². The summed E-state index contributed by atoms with van der Waals surface area (Å²) in [5, 5.41) is 9.49. The molecule has 8 heteroatoms. The fraction of sp³-hybridized carbons (Fsp3) is 0.238. The molecule has 7 nitrogen and oxygen atoms in total. The summed E-state index contributed by atoms with van der Waals surface area (Å²) in [7, 11) is 0. The molecule has 0 fully saturated rings. The van der Waals surface area contributed by atoms with Gasteiger partial charge in [0, 0.05) is 31.0 Å². The second-order valence-electron chi connectivity index (χ2n) is 6.61. The van der Waals surface area contributed by atoms with Crippen LogP contribution >= 0.6 is 0 Å². The Morgan fingerprint density at radius 3 is 2.66 bits per heavy atom. The average Bonchev–Trinajstić information content (AvgIpc) is 3.15. The summed E-state index contributed by atoms with van der Waals surface area (Å²) >= 11 is 0. The first kappa shape index (κ1) is 20.2. The molecule has 3 rings (SSSR count). The highest BCUT2D eigenvalue weighted by molar-refractivity contribution is 5.88. The SMILES string of the molecule is CC(=O)Nc1cccc(C(C)NC(=O)CCc2nc(-c3ccc(F)cc3)no2)c1. The van der Waals surface area contributed by atoms with Gasteiger partial charge in [0.15, 0.2) is 0 Å². The average molecular weight is 396 g/mol. The molecule has 1 atom stereocenters. The fourth-order valence-corrected chi connectivity index (χ4v) is 2.78. The second kappa shape index (κ2) is 9.09. The highest BCUT2D eigenvalue weighted by Gasteiger charge is 2.13. The summed E-state index contributed by atoms with van der Waals surface area (Å²) in [6.07, 6.45) is 0.472. The van der Waals surface area contributed by atoms with Gasteiger partial charge in [-0.3, -0.25) is 9.59 Å². The number of aromatic nitrogens is 2. The standard InChI is InChI=1S/C21H21FN4O3/c1-13(16-4-3-5-18(12-16)24-14(2)27)23-19(28)10-11-20-25-21(26-29-20)15-6-8-17(22)9-7-15/h3-9,12-13H,10-11H2,1-2H3,(H,23,28)(H,24,27). The number of nitrogens with zero attached hydrogens (tertiary/aromatic N) is 2. The number of carbonyl (C=O) groups excluding carboxylic acids is 2. The Morgan fingerprint density at radius 1 is 1.17 bits per heavy atom. The maximum absolute atomic E-state index is 13.0. The Kier molecular flexibility index (Phi) is 6.33. The van der Waals surface area contributed by atoms with Crippen molar-refractivity contribution in [3.05, 3.63) is 65.8 Å². The lowest BCUT2D eigenvalue weighted by Gasteiger charge is -2.15. The van der Waals surface area contributed by atoms with Crippen molar-refractivity contribution >= 4 is 17.5 Å². The van der Waals surface area contributed by atoms with Crippen LogP contribution in [0.1, 0.15) is 37.8 Å². The molecule has 1 heterocycles. The highest BCUT2D eigenvalue weighted by atomic mass is 19.1. The predicted octanol–water partition coefficient (Wildman–Crippen LogP) is 3.64. The Balaban J connectivity index is 1.53. The van der Waals surface area contributed by atoms with Crippen LogP contribution in [0.2, 0.25) is 0 Å². The lowest BCUT2D eigenvalue weighted by Crippen LogP contribution is -2.26. The van der Waals surface area contributed by atoms with Gasteiger partial charge in [0.1, 0.15) is 5.82 Å². The molecule has 0 saturated heterocycles. The summed E-state index contributed by atoms with van der Waals surface area (Å²) < 4.78 is 18.2. The van der Waals surface area contributed by atoms with Crippen LogP contribution in [0, 0.1) is 5.82 Å². The quantitative estimate of drug-likeness (QED) is 0.635. The number of nitrogens with one attached hydrogen (secondary N) is 2. The maximum atomic E-state index is 13.0. The van der Waals surface area contributed by atoms with Gasteiger partial charge in [-0.1, -0.05) is 17.3 Å². The van der Waals surface area contributed by atoms with Gasteiger partial charge in [0.25, 0.3) is 0 Å². The van der Waals surface area contributed by atoms with Gasteiger partial charge in [-0.2, -0.15) is 4.98 Å². The van der Waals surface area contributed by atoms with Crippen molar-refractivity contribution in [2.24, 2.45) is 0 Å². The van der Waals surface area contributed by atoms with Crippen molar-refractivity contribution < 1.29 is 18.5 Å². The van der Waals surface area contributed by atoms with Gasteiger partial charge in [0.2, 0.25) is 23.5 Å². The van der Waals surface area contributed by atoms with E-state index in [9.17, 15) is 14.0 Å². The zero-order chi connectivity index (χ0) is 20.8. The van der Waals surface area contributed by atoms with Crippen LogP contribution in [0.5, 0.6) is 0 Å². The zero-order valence-electron chi connectivity index (χ0n) is 16.1. The van der Waals surface area contributed by atoms with Crippen LogP contribution in [0.15, 0.2) is 53.1 Å². The van der Waals surface area contributed by atoms with E-state index in [2.05, 4.69) is 20.8 Å². The molecule has 0 aliphatic heterocycles. The zero-order valence-corrected chi connectivity index (χ0v) is 16.1. The van der Waals surface area contributed by atoms with Gasteiger partial charge in [0.05, 0.1) is 6.04 Å². The van der Waals surface area contributed by atoms with Crippen molar-refractivity contribution in [2.75, 3.05) is 5.32 Å². The minimum atomic E-state index is -0.342. The molecule has 3 aromatic rings. The van der Waals surface area contributed by atoms with Crippen LogP contribution in [-0.2, 0) is 16.0 Å². The summed E-state index contributed by atoms with van der Waals surface area (Å²) in [6, 6.07) is 12.8. The minimum Gasteiger partial charge on any atom is -0.350 e. The number of aryl methyl sites for hydroxylation is 1. The van der Waals surface area contributed by atoms with E-state index in [0.29, 0.717) is 29.4 Å². The van der Waals surface area contributed by atoms with Gasteiger partial charge in [-0.25, -0.2) is 4.39 Å². The number of amides is 2. The number of rotatable bonds is 7. The third kappa shape index (κ3) is 5.71. The molecule has 29 heavy (non-hydrogen) atoms. The first-order valence-electron chi connectivity index (χ1n) is 9.16. The van der Waals surface area contributed by atoms with Crippen LogP contribution in [0.3, 0.4) is 0 Å². The highest BCUT2D eigenvalue weighted by Crippen LogP contribution is 2.19. The van der Waals surface area contributed by atoms with Crippen LogP contribution < -0.4 is 10.6 Å². The number of anilines is 1. The molecule has 0 aliphatic rings. The predicted molar refractivity (Wildman–Crippen MR) is 105 cm³/mol. The Morgan fingerprint density at radius 2 is 1.93 bits per heavy atom. The lowest BCUT2D eigenvalue weighted by atomic mass is 10.1. The molecule has 1 aromatic heterocycles. The Labute approximate surface area is 167 Å². The van der Waals surface area contributed by atoms with Crippen molar-refractivity contribution in [1.82, 2.24) is 15.5 Å². The number of hydrogen-bond acceptors (Lipinski definition) is 5. The summed E-state index contributed by atoms with van der Waals surface area (Å²) in [6.45, 7) is 3.31. The van der Waals surface area contributed by atoms with Crippen LogP contribution in [-0.4, -0.2) is 22.0 Å². The molecule has 0 saturated carbocycles. The van der Waals surface area contributed by atoms with E-state index in [1.807, 2.05) is 25.1 Å². The normalized spacial score (nSPS) is 11.7. The Hall–Kier alpha value is -3.55. The van der Waals surface area contributed by atoms with Crippen molar-refractivity contribution in [3.8, 4) is 11.4 Å². The molecule has 1 unspecified atom stereocenters. The maximum Gasteiger partial charge on any atom is 0.227 e. The molecule has 0 spiro atoms. The smallest absolute Gasteiger partial charge is 0.227 e. The number of carbonyl (C=O) groups is 2. The topological polar surface area (TPSA) is 97.1 Å². The van der Waals surface area contributed by atoms with E-state index in [-0.39, 0.29) is 30.1 Å². The van der Waals surface area contributed by atoms with E-state index in [1.54, 1.807) is 18.2 Å². The molecule has 0 aliphatic carbocycles. The molecule has 2 amide bonds. The summed E-state index contributed by atoms with van der Waals surface area (Å²) in [5.41, 5.74) is 2.19. The van der Waals surface area contributed by atoms with E-state index in [0.717, 1.165) is 5.56 Å². The molecule has 150 valence electrons. The van der Waals surface area contributed by atoms with Gasteiger partial charge < -0.3 is 15.2 Å².